The molecule has 0 atom stereocenters. The summed E-state index contributed by atoms with van der Waals surface area (Å²) in [4.78, 5) is 1.07. The zero-order valence-corrected chi connectivity index (χ0v) is 6.46. The van der Waals surface area contributed by atoms with E-state index in [2.05, 4.69) is 17.8 Å². The van der Waals surface area contributed by atoms with E-state index in [-0.39, 0.29) is 0 Å². The summed E-state index contributed by atoms with van der Waals surface area (Å²) in [7, 11) is 0. The maximum absolute atomic E-state index is 4.98. The van der Waals surface area contributed by atoms with Crippen LogP contribution in [0.3, 0.4) is 0 Å². The smallest absolute Gasteiger partial charge is 0.0807 e. The van der Waals surface area contributed by atoms with Crippen molar-refractivity contribution in [1.82, 2.24) is 0 Å². The van der Waals surface area contributed by atoms with Gasteiger partial charge in [0.05, 0.1) is 4.88 Å². The molecule has 0 nitrogen and oxygen atoms in total. The van der Waals surface area contributed by atoms with Crippen LogP contribution in [-0.2, 0) is 0 Å². The van der Waals surface area contributed by atoms with E-state index in [4.69, 9.17) is 6.42 Å². The minimum absolute atomic E-state index is 1.07. The number of thiophene rings is 1. The highest BCUT2D eigenvalue weighted by Gasteiger charge is 1.91. The molecule has 1 rings (SSSR count). The SMILES string of the molecule is C#CC#Cc1sccc1C. The van der Waals surface area contributed by atoms with E-state index in [1.807, 2.05) is 18.4 Å². The van der Waals surface area contributed by atoms with Crippen molar-refractivity contribution in [1.29, 1.82) is 0 Å². The summed E-state index contributed by atoms with van der Waals surface area (Å²) in [6.07, 6.45) is 4.98. The van der Waals surface area contributed by atoms with Crippen LogP contribution in [0.1, 0.15) is 10.4 Å². The molecule has 1 aromatic rings. The molecule has 0 bridgehead atoms. The second-order valence-corrected chi connectivity index (χ2v) is 2.74. The molecule has 0 radical (unpaired) electrons. The number of hydrogen-bond acceptors (Lipinski definition) is 1. The van der Waals surface area contributed by atoms with Crippen molar-refractivity contribution in [3.63, 3.8) is 0 Å². The van der Waals surface area contributed by atoms with Crippen molar-refractivity contribution in [3.8, 4) is 24.2 Å². The van der Waals surface area contributed by atoms with Gasteiger partial charge in [0.2, 0.25) is 0 Å². The van der Waals surface area contributed by atoms with Crippen LogP contribution in [0.25, 0.3) is 0 Å². The molecule has 1 heterocycles. The van der Waals surface area contributed by atoms with Crippen molar-refractivity contribution in [2.75, 3.05) is 0 Å². The maximum Gasteiger partial charge on any atom is 0.0807 e. The lowest BCUT2D eigenvalue weighted by Gasteiger charge is -1.80. The van der Waals surface area contributed by atoms with Gasteiger partial charge in [0, 0.05) is 0 Å². The lowest BCUT2D eigenvalue weighted by Crippen LogP contribution is -1.67. The normalized spacial score (nSPS) is 7.60. The molecule has 0 spiro atoms. The van der Waals surface area contributed by atoms with Gasteiger partial charge in [-0.2, -0.15) is 0 Å². The number of aryl methyl sites for hydroxylation is 1. The molecule has 0 amide bonds. The lowest BCUT2D eigenvalue weighted by molar-refractivity contribution is 1.53. The first-order valence-corrected chi connectivity index (χ1v) is 3.73. The predicted molar refractivity (Wildman–Crippen MR) is 44.8 cm³/mol. The van der Waals surface area contributed by atoms with E-state index in [0.29, 0.717) is 0 Å². The quantitative estimate of drug-likeness (QED) is 0.491. The first-order valence-electron chi connectivity index (χ1n) is 2.85. The van der Waals surface area contributed by atoms with Gasteiger partial charge < -0.3 is 0 Å². The van der Waals surface area contributed by atoms with Gasteiger partial charge in [-0.1, -0.05) is 0 Å². The Balaban J connectivity index is 2.97. The van der Waals surface area contributed by atoms with E-state index in [1.54, 1.807) is 11.3 Å². The largest absolute Gasteiger partial charge is 0.135 e. The van der Waals surface area contributed by atoms with Crippen LogP contribution in [0.15, 0.2) is 11.4 Å². The average molecular weight is 146 g/mol. The van der Waals surface area contributed by atoms with Gasteiger partial charge in [-0.3, -0.25) is 0 Å². The fraction of sp³-hybridized carbons (Fsp3) is 0.111. The van der Waals surface area contributed by atoms with Gasteiger partial charge in [-0.15, -0.1) is 17.8 Å². The molecule has 0 aromatic carbocycles. The van der Waals surface area contributed by atoms with Crippen molar-refractivity contribution >= 4 is 11.3 Å². The van der Waals surface area contributed by atoms with Crippen LogP contribution in [0.5, 0.6) is 0 Å². The van der Waals surface area contributed by atoms with Gasteiger partial charge in [0.1, 0.15) is 0 Å². The third-order valence-electron chi connectivity index (χ3n) is 1.11. The summed E-state index contributed by atoms with van der Waals surface area (Å²) in [5.41, 5.74) is 1.20. The molecule has 1 aromatic heterocycles. The molecule has 0 aliphatic carbocycles. The molecule has 0 fully saturated rings. The van der Waals surface area contributed by atoms with Crippen LogP contribution < -0.4 is 0 Å². The first kappa shape index (κ1) is 6.93. The summed E-state index contributed by atoms with van der Waals surface area (Å²) in [5, 5.41) is 2.01. The standard InChI is InChI=1S/C9H6S/c1-3-4-5-9-8(2)6-7-10-9/h1,6-7H,2H3. The summed E-state index contributed by atoms with van der Waals surface area (Å²) in [6, 6.07) is 2.03. The van der Waals surface area contributed by atoms with Crippen LogP contribution in [0, 0.1) is 31.1 Å². The Kier molecular flexibility index (Phi) is 2.15. The van der Waals surface area contributed by atoms with E-state index in [0.717, 1.165) is 4.88 Å². The van der Waals surface area contributed by atoms with E-state index in [9.17, 15) is 0 Å². The number of rotatable bonds is 0. The number of terminal acetylenes is 1. The average Bonchev–Trinajstić information content (AvgIpc) is 2.31. The van der Waals surface area contributed by atoms with E-state index < -0.39 is 0 Å². The van der Waals surface area contributed by atoms with Crippen LogP contribution in [-0.4, -0.2) is 0 Å². The van der Waals surface area contributed by atoms with Gasteiger partial charge in [-0.05, 0) is 41.7 Å². The Labute approximate surface area is 64.9 Å². The van der Waals surface area contributed by atoms with Gasteiger partial charge >= 0.3 is 0 Å². The van der Waals surface area contributed by atoms with Gasteiger partial charge in [0.15, 0.2) is 0 Å². The highest BCUT2D eigenvalue weighted by molar-refractivity contribution is 7.10. The van der Waals surface area contributed by atoms with Gasteiger partial charge in [-0.25, -0.2) is 0 Å². The van der Waals surface area contributed by atoms with Crippen LogP contribution in [0.2, 0.25) is 0 Å². The second kappa shape index (κ2) is 3.11. The molecule has 0 unspecified atom stereocenters. The summed E-state index contributed by atoms with van der Waals surface area (Å²) >= 11 is 1.62. The Hall–Kier alpha value is -1.18. The Morgan fingerprint density at radius 1 is 1.60 bits per heavy atom. The molecule has 1 heteroatoms. The van der Waals surface area contributed by atoms with Crippen LogP contribution in [0.4, 0.5) is 0 Å². The van der Waals surface area contributed by atoms with Gasteiger partial charge in [0.25, 0.3) is 0 Å². The van der Waals surface area contributed by atoms with E-state index in [1.165, 1.54) is 5.56 Å². The van der Waals surface area contributed by atoms with E-state index >= 15 is 0 Å². The molecule has 0 aliphatic rings. The highest BCUT2D eigenvalue weighted by Crippen LogP contribution is 2.12. The van der Waals surface area contributed by atoms with Crippen LogP contribution >= 0.6 is 11.3 Å². The fourth-order valence-corrected chi connectivity index (χ4v) is 1.37. The molecule has 48 valence electrons. The maximum atomic E-state index is 4.98. The Morgan fingerprint density at radius 3 is 2.90 bits per heavy atom. The second-order valence-electron chi connectivity index (χ2n) is 1.83. The topological polar surface area (TPSA) is 0 Å². The molecule has 0 saturated carbocycles. The van der Waals surface area contributed by atoms with Crippen molar-refractivity contribution in [2.45, 2.75) is 6.92 Å². The molecule has 0 N–H and O–H groups in total. The minimum Gasteiger partial charge on any atom is -0.135 e. The highest BCUT2D eigenvalue weighted by atomic mass is 32.1. The monoisotopic (exact) mass is 146 g/mol. The minimum atomic E-state index is 1.07. The number of hydrogen-bond donors (Lipinski definition) is 0. The fourth-order valence-electron chi connectivity index (χ4n) is 0.594. The Morgan fingerprint density at radius 2 is 2.40 bits per heavy atom. The predicted octanol–water partition coefficient (Wildman–Crippen LogP) is 2.04. The summed E-state index contributed by atoms with van der Waals surface area (Å²) in [5.74, 6) is 7.73. The van der Waals surface area contributed by atoms with Crippen molar-refractivity contribution in [3.05, 3.63) is 21.9 Å². The third-order valence-corrected chi connectivity index (χ3v) is 2.04. The summed E-state index contributed by atoms with van der Waals surface area (Å²) < 4.78 is 0. The lowest BCUT2D eigenvalue weighted by atomic mass is 10.3. The molecular formula is C9H6S. The Bertz CT molecular complexity index is 314. The summed E-state index contributed by atoms with van der Waals surface area (Å²) in [6.45, 7) is 2.02. The van der Waals surface area contributed by atoms with Crippen molar-refractivity contribution < 1.29 is 0 Å². The molecule has 0 aliphatic heterocycles. The molecular weight excluding hydrogens is 140 g/mol. The molecule has 10 heavy (non-hydrogen) atoms. The zero-order valence-electron chi connectivity index (χ0n) is 5.64. The third kappa shape index (κ3) is 1.41. The first-order chi connectivity index (χ1) is 4.84. The van der Waals surface area contributed by atoms with Crippen molar-refractivity contribution in [2.24, 2.45) is 0 Å². The molecule has 0 saturated heterocycles. The zero-order chi connectivity index (χ0) is 7.40.